The van der Waals surface area contributed by atoms with Crippen LogP contribution >= 0.6 is 0 Å². The Morgan fingerprint density at radius 3 is 2.72 bits per heavy atom. The number of nitrogens with zero attached hydrogens (tertiary/aromatic N) is 1. The Morgan fingerprint density at radius 2 is 2.00 bits per heavy atom. The second-order valence-electron chi connectivity index (χ2n) is 5.49. The Kier molecular flexibility index (Phi) is 7.00. The molecule has 1 aliphatic heterocycles. The fraction of sp³-hybridized carbons (Fsp3) is 0.389. The van der Waals surface area contributed by atoms with Crippen molar-refractivity contribution in [2.75, 3.05) is 13.2 Å². The van der Waals surface area contributed by atoms with Gasteiger partial charge in [0.2, 0.25) is 5.91 Å². The molecule has 134 valence electrons. The van der Waals surface area contributed by atoms with Crippen LogP contribution in [0.4, 0.5) is 4.79 Å². The van der Waals surface area contributed by atoms with Gasteiger partial charge in [0.05, 0.1) is 6.61 Å². The molecule has 7 heteroatoms. The summed E-state index contributed by atoms with van der Waals surface area (Å²) in [4.78, 5) is 37.0. The van der Waals surface area contributed by atoms with E-state index in [9.17, 15) is 14.4 Å². The molecular formula is C18H22N2O5. The average molecular weight is 346 g/mol. The summed E-state index contributed by atoms with van der Waals surface area (Å²) >= 11 is 0. The Bertz CT molecular complexity index is 630. The molecule has 1 aromatic rings. The van der Waals surface area contributed by atoms with Gasteiger partial charge in [-0.25, -0.2) is 9.59 Å². The number of hydrogen-bond acceptors (Lipinski definition) is 5. The minimum Gasteiger partial charge on any atom is -0.463 e. The maximum atomic E-state index is 12.2. The van der Waals surface area contributed by atoms with Gasteiger partial charge in [-0.15, -0.1) is 0 Å². The second-order valence-corrected chi connectivity index (χ2v) is 5.49. The summed E-state index contributed by atoms with van der Waals surface area (Å²) < 4.78 is 10.0. The van der Waals surface area contributed by atoms with E-state index in [1.165, 1.54) is 11.1 Å². The first-order valence-electron chi connectivity index (χ1n) is 8.22. The highest BCUT2D eigenvalue weighted by molar-refractivity contribution is 5.88. The maximum absolute atomic E-state index is 12.2. The number of rotatable bonds is 6. The van der Waals surface area contributed by atoms with E-state index in [1.54, 1.807) is 6.92 Å². The molecule has 1 aromatic carbocycles. The fourth-order valence-corrected chi connectivity index (χ4v) is 2.54. The molecule has 1 N–H and O–H groups in total. The molecule has 0 unspecified atom stereocenters. The van der Waals surface area contributed by atoms with E-state index < -0.39 is 18.1 Å². The normalized spacial score (nSPS) is 16.7. The van der Waals surface area contributed by atoms with Gasteiger partial charge < -0.3 is 14.8 Å². The third kappa shape index (κ3) is 5.63. The first-order valence-corrected chi connectivity index (χ1v) is 8.22. The van der Waals surface area contributed by atoms with Gasteiger partial charge in [-0.05, 0) is 25.3 Å². The fourth-order valence-electron chi connectivity index (χ4n) is 2.54. The molecular weight excluding hydrogens is 324 g/mol. The lowest BCUT2D eigenvalue weighted by molar-refractivity contribution is -0.137. The van der Waals surface area contributed by atoms with E-state index in [-0.39, 0.29) is 19.1 Å². The molecule has 1 fully saturated rings. The number of nitrogens with one attached hydrogen (secondary N) is 1. The summed E-state index contributed by atoms with van der Waals surface area (Å²) in [6.45, 7) is 2.59. The van der Waals surface area contributed by atoms with Gasteiger partial charge >= 0.3 is 12.1 Å². The summed E-state index contributed by atoms with van der Waals surface area (Å²) in [5.41, 5.74) is 0.883. The van der Waals surface area contributed by atoms with Gasteiger partial charge in [-0.2, -0.15) is 0 Å². The monoisotopic (exact) mass is 346 g/mol. The van der Waals surface area contributed by atoms with Gasteiger partial charge in [0.1, 0.15) is 12.6 Å². The van der Waals surface area contributed by atoms with Crippen molar-refractivity contribution in [3.05, 3.63) is 48.2 Å². The number of hydrogen-bond donors (Lipinski definition) is 1. The van der Waals surface area contributed by atoms with E-state index in [1.807, 2.05) is 30.3 Å². The van der Waals surface area contributed by atoms with Crippen LogP contribution in [0.2, 0.25) is 0 Å². The number of esters is 1. The molecule has 0 radical (unpaired) electrons. The number of carbonyl (C=O) groups is 3. The van der Waals surface area contributed by atoms with Crippen molar-refractivity contribution in [3.63, 3.8) is 0 Å². The van der Waals surface area contributed by atoms with Crippen LogP contribution in [-0.4, -0.2) is 42.1 Å². The van der Waals surface area contributed by atoms with E-state index in [2.05, 4.69) is 5.32 Å². The first kappa shape index (κ1) is 18.5. The number of likely N-dealkylation sites (tertiary alicyclic amines) is 1. The molecule has 1 saturated heterocycles. The summed E-state index contributed by atoms with van der Waals surface area (Å²) in [6.07, 6.45) is 3.12. The van der Waals surface area contributed by atoms with Crippen molar-refractivity contribution in [2.45, 2.75) is 32.4 Å². The molecule has 0 bridgehead atoms. The van der Waals surface area contributed by atoms with E-state index >= 15 is 0 Å². The standard InChI is InChI=1S/C18H22N2O5/c1-2-24-16(21)10-11-19-17(22)15-9-6-12-20(15)18(23)25-13-14-7-4-3-5-8-14/h3-5,7-8,10-11,15H,2,6,9,12-13H2,1H3,(H,19,22)/b11-10+/t15-/m0/s1. The van der Waals surface area contributed by atoms with E-state index in [0.717, 1.165) is 18.1 Å². The zero-order chi connectivity index (χ0) is 18.1. The topological polar surface area (TPSA) is 84.9 Å². The van der Waals surface area contributed by atoms with Gasteiger partial charge in [-0.3, -0.25) is 9.69 Å². The van der Waals surface area contributed by atoms with E-state index in [0.29, 0.717) is 13.0 Å². The molecule has 25 heavy (non-hydrogen) atoms. The molecule has 7 nitrogen and oxygen atoms in total. The maximum Gasteiger partial charge on any atom is 0.410 e. The van der Waals surface area contributed by atoms with Crippen LogP contribution in [0.25, 0.3) is 0 Å². The van der Waals surface area contributed by atoms with Crippen molar-refractivity contribution >= 4 is 18.0 Å². The first-order chi connectivity index (χ1) is 12.1. The Morgan fingerprint density at radius 1 is 1.24 bits per heavy atom. The minimum absolute atomic E-state index is 0.160. The molecule has 2 rings (SSSR count). The largest absolute Gasteiger partial charge is 0.463 e. The van der Waals surface area contributed by atoms with Gasteiger partial charge in [0.15, 0.2) is 0 Å². The smallest absolute Gasteiger partial charge is 0.410 e. The summed E-state index contributed by atoms with van der Waals surface area (Å²) in [5, 5.41) is 2.50. The number of carbonyl (C=O) groups excluding carboxylic acids is 3. The highest BCUT2D eigenvalue weighted by Gasteiger charge is 2.34. The Labute approximate surface area is 146 Å². The second kappa shape index (κ2) is 9.46. The van der Waals surface area contributed by atoms with Crippen LogP contribution in [0.1, 0.15) is 25.3 Å². The lowest BCUT2D eigenvalue weighted by Crippen LogP contribution is -2.44. The van der Waals surface area contributed by atoms with Crippen molar-refractivity contribution in [3.8, 4) is 0 Å². The summed E-state index contributed by atoms with van der Waals surface area (Å²) in [6, 6.07) is 8.74. The van der Waals surface area contributed by atoms with Crippen molar-refractivity contribution in [1.29, 1.82) is 0 Å². The number of benzene rings is 1. The Balaban J connectivity index is 1.84. The van der Waals surface area contributed by atoms with Crippen LogP contribution in [0, 0.1) is 0 Å². The van der Waals surface area contributed by atoms with Crippen LogP contribution < -0.4 is 5.32 Å². The molecule has 0 aliphatic carbocycles. The number of ether oxygens (including phenoxy) is 2. The molecule has 0 aromatic heterocycles. The molecule has 1 atom stereocenters. The van der Waals surface area contributed by atoms with Crippen LogP contribution in [0.5, 0.6) is 0 Å². The quantitative estimate of drug-likeness (QED) is 0.629. The summed E-state index contributed by atoms with van der Waals surface area (Å²) in [5.74, 6) is -0.886. The lowest BCUT2D eigenvalue weighted by atomic mass is 10.2. The van der Waals surface area contributed by atoms with Crippen LogP contribution in [0.3, 0.4) is 0 Å². The summed E-state index contributed by atoms with van der Waals surface area (Å²) in [7, 11) is 0. The van der Waals surface area contributed by atoms with Crippen molar-refractivity contribution in [1.82, 2.24) is 10.2 Å². The number of amides is 2. The molecule has 0 saturated carbocycles. The van der Waals surface area contributed by atoms with Crippen molar-refractivity contribution < 1.29 is 23.9 Å². The molecule has 0 spiro atoms. The predicted octanol–water partition coefficient (Wildman–Crippen LogP) is 1.98. The lowest BCUT2D eigenvalue weighted by Gasteiger charge is -2.22. The van der Waals surface area contributed by atoms with Gasteiger partial charge in [0, 0.05) is 18.8 Å². The third-order valence-corrected chi connectivity index (χ3v) is 3.73. The van der Waals surface area contributed by atoms with Gasteiger partial charge in [-0.1, -0.05) is 30.3 Å². The Hall–Kier alpha value is -2.83. The minimum atomic E-state index is -0.602. The highest BCUT2D eigenvalue weighted by atomic mass is 16.6. The zero-order valence-corrected chi connectivity index (χ0v) is 14.1. The van der Waals surface area contributed by atoms with Crippen LogP contribution in [-0.2, 0) is 25.7 Å². The third-order valence-electron chi connectivity index (χ3n) is 3.73. The SMILES string of the molecule is CCOC(=O)/C=C/NC(=O)[C@@H]1CCCN1C(=O)OCc1ccccc1. The molecule has 2 amide bonds. The molecule has 1 heterocycles. The predicted molar refractivity (Wildman–Crippen MR) is 90.3 cm³/mol. The van der Waals surface area contributed by atoms with Gasteiger partial charge in [0.25, 0.3) is 0 Å². The highest BCUT2D eigenvalue weighted by Crippen LogP contribution is 2.19. The molecule has 1 aliphatic rings. The van der Waals surface area contributed by atoms with Crippen LogP contribution in [0.15, 0.2) is 42.6 Å². The zero-order valence-electron chi connectivity index (χ0n) is 14.1. The average Bonchev–Trinajstić information content (AvgIpc) is 3.10. The van der Waals surface area contributed by atoms with Crippen molar-refractivity contribution in [2.24, 2.45) is 0 Å². The van der Waals surface area contributed by atoms with E-state index in [4.69, 9.17) is 9.47 Å².